The molecular weight excluding hydrogens is 230 g/mol. The van der Waals surface area contributed by atoms with Crippen LogP contribution in [0.5, 0.6) is 0 Å². The van der Waals surface area contributed by atoms with E-state index in [0.717, 1.165) is 4.90 Å². The number of nitrogens with one attached hydrogen (secondary N) is 1. The number of aliphatic carboxylic acids is 1. The number of nitrogens with zero attached hydrogens (tertiary/aromatic N) is 1. The zero-order valence-electron chi connectivity index (χ0n) is 9.80. The molecule has 0 rings (SSSR count). The molecule has 0 bridgehead atoms. The van der Waals surface area contributed by atoms with E-state index in [1.54, 1.807) is 6.92 Å². The summed E-state index contributed by atoms with van der Waals surface area (Å²) in [4.78, 5) is 34.1. The van der Waals surface area contributed by atoms with Crippen LogP contribution in [-0.2, 0) is 14.3 Å². The highest BCUT2D eigenvalue weighted by atomic mass is 16.5. The molecule has 8 heteroatoms. The molecule has 0 aromatic rings. The van der Waals surface area contributed by atoms with Gasteiger partial charge in [-0.05, 0) is 6.92 Å². The monoisotopic (exact) mass is 247 g/mol. The van der Waals surface area contributed by atoms with Crippen LogP contribution in [0.1, 0.15) is 6.92 Å². The van der Waals surface area contributed by atoms with Crippen LogP contribution >= 0.6 is 0 Å². The molecule has 1 unspecified atom stereocenters. The number of rotatable bonds is 7. The third kappa shape index (κ3) is 5.71. The van der Waals surface area contributed by atoms with Crippen molar-refractivity contribution in [2.75, 3.05) is 26.8 Å². The second kappa shape index (κ2) is 7.44. The molecule has 0 aliphatic heterocycles. The number of carboxylic acids is 1. The molecule has 98 valence electrons. The Balaban J connectivity index is 4.45. The number of likely N-dealkylation sites (N-methyl/N-ethyl adjacent to an activating group) is 1. The first kappa shape index (κ1) is 15.2. The fourth-order valence-corrected chi connectivity index (χ4v) is 1.10. The van der Waals surface area contributed by atoms with E-state index in [-0.39, 0.29) is 19.7 Å². The number of carboxylic acid groups (broad SMARTS) is 1. The van der Waals surface area contributed by atoms with E-state index in [9.17, 15) is 14.4 Å². The first-order chi connectivity index (χ1) is 7.92. The Hall–Kier alpha value is -1.83. The van der Waals surface area contributed by atoms with Gasteiger partial charge in [-0.15, -0.1) is 0 Å². The summed E-state index contributed by atoms with van der Waals surface area (Å²) < 4.78 is 4.65. The van der Waals surface area contributed by atoms with Gasteiger partial charge in [0.05, 0.1) is 6.61 Å². The number of hydrogen-bond acceptors (Lipinski definition) is 4. The lowest BCUT2D eigenvalue weighted by Crippen LogP contribution is -2.51. The van der Waals surface area contributed by atoms with Crippen molar-refractivity contribution in [1.82, 2.24) is 10.2 Å². The molecule has 0 aromatic heterocycles. The Morgan fingerprint density at radius 2 is 2.06 bits per heavy atom. The highest BCUT2D eigenvalue weighted by Gasteiger charge is 2.23. The van der Waals surface area contributed by atoms with E-state index in [1.807, 2.05) is 0 Å². The standard InChI is InChI=1S/C9H17N3O5/c1-3-12(4-7(10)13)9(16)11-6(5-17-2)8(14)15/h6H,3-5H2,1-2H3,(H2,10,13)(H,11,16)(H,14,15). The van der Waals surface area contributed by atoms with Crippen LogP contribution in [0.25, 0.3) is 0 Å². The van der Waals surface area contributed by atoms with Crippen LogP contribution in [0.15, 0.2) is 0 Å². The lowest BCUT2D eigenvalue weighted by molar-refractivity contribution is -0.140. The Kier molecular flexibility index (Phi) is 6.64. The number of methoxy groups -OCH3 is 1. The maximum absolute atomic E-state index is 11.6. The molecule has 0 heterocycles. The fourth-order valence-electron chi connectivity index (χ4n) is 1.10. The molecule has 0 spiro atoms. The van der Waals surface area contributed by atoms with Crippen LogP contribution in [0.3, 0.4) is 0 Å². The number of ether oxygens (including phenoxy) is 1. The number of carbonyl (C=O) groups is 3. The SMILES string of the molecule is CCN(CC(N)=O)C(=O)NC(COC)C(=O)O. The summed E-state index contributed by atoms with van der Waals surface area (Å²) in [5.74, 6) is -1.88. The van der Waals surface area contributed by atoms with E-state index in [1.165, 1.54) is 7.11 Å². The molecule has 3 amide bonds. The van der Waals surface area contributed by atoms with Crippen LogP contribution in [-0.4, -0.2) is 60.8 Å². The summed E-state index contributed by atoms with van der Waals surface area (Å²) in [6, 6.07) is -1.83. The Bertz CT molecular complexity index is 294. The van der Waals surface area contributed by atoms with Gasteiger partial charge in [-0.3, -0.25) is 4.79 Å². The topological polar surface area (TPSA) is 122 Å². The van der Waals surface area contributed by atoms with Crippen LogP contribution in [0.4, 0.5) is 4.79 Å². The number of primary amides is 1. The van der Waals surface area contributed by atoms with E-state index < -0.39 is 23.9 Å². The van der Waals surface area contributed by atoms with Crippen molar-refractivity contribution in [2.45, 2.75) is 13.0 Å². The van der Waals surface area contributed by atoms with Crippen molar-refractivity contribution >= 4 is 17.9 Å². The number of nitrogens with two attached hydrogens (primary N) is 1. The maximum Gasteiger partial charge on any atom is 0.328 e. The lowest BCUT2D eigenvalue weighted by atomic mass is 10.3. The van der Waals surface area contributed by atoms with Gasteiger partial charge >= 0.3 is 12.0 Å². The lowest BCUT2D eigenvalue weighted by Gasteiger charge is -2.22. The van der Waals surface area contributed by atoms with Crippen LogP contribution in [0, 0.1) is 0 Å². The van der Waals surface area contributed by atoms with Gasteiger partial charge in [0.2, 0.25) is 5.91 Å². The molecule has 0 saturated carbocycles. The van der Waals surface area contributed by atoms with E-state index in [0.29, 0.717) is 0 Å². The van der Waals surface area contributed by atoms with Crippen molar-refractivity contribution in [3.05, 3.63) is 0 Å². The molecule has 1 atom stereocenters. The minimum Gasteiger partial charge on any atom is -0.480 e. The molecule has 0 radical (unpaired) electrons. The molecule has 0 saturated heterocycles. The second-order valence-corrected chi connectivity index (χ2v) is 3.28. The first-order valence-electron chi connectivity index (χ1n) is 4.97. The predicted octanol–water partition coefficient (Wildman–Crippen LogP) is -1.40. The predicted molar refractivity (Wildman–Crippen MR) is 58.3 cm³/mol. The number of carbonyl (C=O) groups excluding carboxylic acids is 2. The van der Waals surface area contributed by atoms with Gasteiger partial charge in [0.15, 0.2) is 6.04 Å². The number of urea groups is 1. The van der Waals surface area contributed by atoms with Crippen molar-refractivity contribution in [1.29, 1.82) is 0 Å². The average molecular weight is 247 g/mol. The average Bonchev–Trinajstić information content (AvgIpc) is 2.24. The van der Waals surface area contributed by atoms with Gasteiger partial charge in [-0.1, -0.05) is 0 Å². The summed E-state index contributed by atoms with van der Waals surface area (Å²) in [6.07, 6.45) is 0. The quantitative estimate of drug-likeness (QED) is 0.511. The van der Waals surface area contributed by atoms with Crippen molar-refractivity contribution in [3.63, 3.8) is 0 Å². The highest BCUT2D eigenvalue weighted by molar-refractivity contribution is 5.86. The minimum absolute atomic E-state index is 0.158. The summed E-state index contributed by atoms with van der Waals surface area (Å²) in [7, 11) is 1.32. The molecule has 0 aromatic carbocycles. The number of amides is 3. The Morgan fingerprint density at radius 3 is 2.41 bits per heavy atom. The molecule has 8 nitrogen and oxygen atoms in total. The van der Waals surface area contributed by atoms with Crippen LogP contribution < -0.4 is 11.1 Å². The summed E-state index contributed by atoms with van der Waals surface area (Å²) in [6.45, 7) is 1.47. The van der Waals surface area contributed by atoms with Crippen molar-refractivity contribution in [2.24, 2.45) is 5.73 Å². The van der Waals surface area contributed by atoms with Gasteiger partial charge in [-0.2, -0.15) is 0 Å². The molecule has 17 heavy (non-hydrogen) atoms. The van der Waals surface area contributed by atoms with E-state index in [4.69, 9.17) is 10.8 Å². The highest BCUT2D eigenvalue weighted by Crippen LogP contribution is 1.92. The van der Waals surface area contributed by atoms with Crippen LogP contribution in [0.2, 0.25) is 0 Å². The van der Waals surface area contributed by atoms with E-state index >= 15 is 0 Å². The zero-order chi connectivity index (χ0) is 13.4. The summed E-state index contributed by atoms with van der Waals surface area (Å²) >= 11 is 0. The molecule has 0 aliphatic rings. The molecule has 4 N–H and O–H groups in total. The van der Waals surface area contributed by atoms with Gasteiger partial charge in [-0.25, -0.2) is 9.59 Å². The van der Waals surface area contributed by atoms with Crippen molar-refractivity contribution in [3.8, 4) is 0 Å². The maximum atomic E-state index is 11.6. The van der Waals surface area contributed by atoms with Gasteiger partial charge in [0, 0.05) is 13.7 Å². The summed E-state index contributed by atoms with van der Waals surface area (Å²) in [5, 5.41) is 11.0. The van der Waals surface area contributed by atoms with Crippen molar-refractivity contribution < 1.29 is 24.2 Å². The fraction of sp³-hybridized carbons (Fsp3) is 0.667. The molecule has 0 fully saturated rings. The van der Waals surface area contributed by atoms with Gasteiger partial charge in [0.1, 0.15) is 6.54 Å². The Morgan fingerprint density at radius 1 is 1.47 bits per heavy atom. The Labute approximate surface area is 98.7 Å². The first-order valence-corrected chi connectivity index (χ1v) is 4.97. The third-order valence-electron chi connectivity index (χ3n) is 1.94. The van der Waals surface area contributed by atoms with E-state index in [2.05, 4.69) is 10.1 Å². The largest absolute Gasteiger partial charge is 0.480 e. The normalized spacial score (nSPS) is 11.6. The molecule has 0 aliphatic carbocycles. The number of hydrogen-bond donors (Lipinski definition) is 3. The smallest absolute Gasteiger partial charge is 0.328 e. The third-order valence-corrected chi connectivity index (χ3v) is 1.94. The summed E-state index contributed by atoms with van der Waals surface area (Å²) in [5.41, 5.74) is 4.95. The second-order valence-electron chi connectivity index (χ2n) is 3.28. The molecular formula is C9H17N3O5. The minimum atomic E-state index is -1.21. The van der Waals surface area contributed by atoms with Gasteiger partial charge < -0.3 is 25.8 Å². The zero-order valence-corrected chi connectivity index (χ0v) is 9.80. The van der Waals surface area contributed by atoms with Gasteiger partial charge in [0.25, 0.3) is 0 Å².